The first-order valence-corrected chi connectivity index (χ1v) is 11.6. The van der Waals surface area contributed by atoms with Crippen LogP contribution in [-0.2, 0) is 0 Å². The number of halogens is 3. The van der Waals surface area contributed by atoms with Gasteiger partial charge in [-0.3, -0.25) is 0 Å². The van der Waals surface area contributed by atoms with Gasteiger partial charge in [-0.25, -0.2) is 9.37 Å². The van der Waals surface area contributed by atoms with E-state index in [9.17, 15) is 13.2 Å². The van der Waals surface area contributed by atoms with Gasteiger partial charge in [0, 0.05) is 29.3 Å². The van der Waals surface area contributed by atoms with Crippen molar-refractivity contribution in [2.75, 3.05) is 10.5 Å². The summed E-state index contributed by atoms with van der Waals surface area (Å²) in [5.74, 6) is -2.29. The number of nitrogens with zero attached hydrogens (tertiary/aromatic N) is 1. The van der Waals surface area contributed by atoms with Crippen LogP contribution >= 0.6 is 11.9 Å². The van der Waals surface area contributed by atoms with Gasteiger partial charge >= 0.3 is 5.76 Å². The predicted octanol–water partition coefficient (Wildman–Crippen LogP) is 7.97. The van der Waals surface area contributed by atoms with Crippen molar-refractivity contribution >= 4 is 34.4 Å². The summed E-state index contributed by atoms with van der Waals surface area (Å²) in [4.78, 5) is 4.21. The van der Waals surface area contributed by atoms with Crippen molar-refractivity contribution in [2.45, 2.75) is 39.6 Å². The highest BCUT2D eigenvalue weighted by Gasteiger charge is 2.18. The van der Waals surface area contributed by atoms with E-state index in [1.807, 2.05) is 20.8 Å². The summed E-state index contributed by atoms with van der Waals surface area (Å²) in [5, 5.41) is 0.671. The van der Waals surface area contributed by atoms with Crippen LogP contribution in [0.25, 0.3) is 22.1 Å². The molecule has 4 rings (SSSR count). The van der Waals surface area contributed by atoms with Gasteiger partial charge in [0.2, 0.25) is 0 Å². The van der Waals surface area contributed by atoms with Gasteiger partial charge in [-0.15, -0.1) is 0 Å². The number of aryl methyl sites for hydroxylation is 1. The van der Waals surface area contributed by atoms with E-state index in [1.54, 1.807) is 49.7 Å². The predicted molar refractivity (Wildman–Crippen MR) is 133 cm³/mol. The normalized spacial score (nSPS) is 11.8. The molecule has 4 aromatic rings. The lowest BCUT2D eigenvalue weighted by molar-refractivity contribution is 0.228. The third-order valence-corrected chi connectivity index (χ3v) is 5.51. The van der Waals surface area contributed by atoms with Crippen molar-refractivity contribution in [2.24, 2.45) is 0 Å². The molecule has 0 amide bonds. The Kier molecular flexibility index (Phi) is 8.33. The quantitative estimate of drug-likeness (QED) is 0.256. The lowest BCUT2D eigenvalue weighted by Gasteiger charge is -2.19. The van der Waals surface area contributed by atoms with Gasteiger partial charge in [-0.05, 0) is 49.2 Å². The lowest BCUT2D eigenvalue weighted by Crippen LogP contribution is -2.05. The van der Waals surface area contributed by atoms with Crippen LogP contribution in [0, 0.1) is 12.7 Å². The number of anilines is 2. The molecule has 0 bridgehead atoms. The molecule has 1 atom stereocenters. The summed E-state index contributed by atoms with van der Waals surface area (Å²) < 4.78 is 53.2. The SMILES string of the molecule is CC.Cc1cnc(N)c2c(-c3ccc(NSC(F)F)c(OC(C)c4ccc(F)cc4)c3)coc12. The van der Waals surface area contributed by atoms with Crippen molar-refractivity contribution in [3.63, 3.8) is 0 Å². The Morgan fingerprint density at radius 2 is 1.82 bits per heavy atom. The molecule has 0 saturated carbocycles. The number of nitrogens with one attached hydrogen (secondary N) is 1. The molecule has 1 unspecified atom stereocenters. The van der Waals surface area contributed by atoms with Crippen LogP contribution in [0.5, 0.6) is 5.75 Å². The number of benzene rings is 2. The molecular formula is C25H26F3N3O2S. The van der Waals surface area contributed by atoms with E-state index in [2.05, 4.69) is 9.71 Å². The number of furan rings is 1. The minimum atomic E-state index is -2.61. The highest BCUT2D eigenvalue weighted by atomic mass is 32.2. The summed E-state index contributed by atoms with van der Waals surface area (Å²) in [5.41, 5.74) is 10.1. The van der Waals surface area contributed by atoms with Crippen LogP contribution in [0.2, 0.25) is 0 Å². The fraction of sp³-hybridized carbons (Fsp3) is 0.240. The zero-order valence-corrected chi connectivity index (χ0v) is 20.1. The van der Waals surface area contributed by atoms with E-state index in [-0.39, 0.29) is 17.8 Å². The van der Waals surface area contributed by atoms with E-state index < -0.39 is 11.9 Å². The van der Waals surface area contributed by atoms with Crippen LogP contribution in [0.1, 0.15) is 38.0 Å². The molecule has 0 aliphatic rings. The molecule has 0 aliphatic heterocycles. The highest BCUT2D eigenvalue weighted by molar-refractivity contribution is 8.00. The summed E-state index contributed by atoms with van der Waals surface area (Å²) in [7, 11) is 0. The molecular weight excluding hydrogens is 463 g/mol. The monoisotopic (exact) mass is 489 g/mol. The van der Waals surface area contributed by atoms with Gasteiger partial charge in [0.25, 0.3) is 0 Å². The van der Waals surface area contributed by atoms with Crippen molar-refractivity contribution in [3.05, 3.63) is 71.9 Å². The summed E-state index contributed by atoms with van der Waals surface area (Å²) in [6, 6.07) is 11.0. The maximum Gasteiger partial charge on any atom is 0.302 e. The molecule has 0 aliphatic carbocycles. The number of ether oxygens (including phenoxy) is 1. The van der Waals surface area contributed by atoms with E-state index in [4.69, 9.17) is 14.9 Å². The molecule has 0 fully saturated rings. The van der Waals surface area contributed by atoms with Crippen LogP contribution in [0.4, 0.5) is 24.7 Å². The second-order valence-electron chi connectivity index (χ2n) is 7.18. The molecule has 2 aromatic heterocycles. The Morgan fingerprint density at radius 1 is 1.12 bits per heavy atom. The Labute approximate surface area is 200 Å². The number of hydrogen-bond acceptors (Lipinski definition) is 6. The maximum atomic E-state index is 13.3. The van der Waals surface area contributed by atoms with E-state index >= 15 is 0 Å². The van der Waals surface area contributed by atoms with Crippen molar-refractivity contribution < 1.29 is 22.3 Å². The molecule has 3 N–H and O–H groups in total. The molecule has 0 saturated heterocycles. The standard InChI is InChI=1S/C23H20F3N3O2S.C2H6/c1-12-10-28-22(27)20-17(11-30-21(12)20)15-5-8-18(29-32-23(25)26)19(9-15)31-13(2)14-3-6-16(24)7-4-14;1-2/h3-11,13,23,29H,1-2H3,(H2,27,28);1-2H3. The van der Waals surface area contributed by atoms with Crippen LogP contribution in [0.15, 0.2) is 59.3 Å². The molecule has 0 radical (unpaired) electrons. The molecule has 9 heteroatoms. The molecule has 2 aromatic carbocycles. The first kappa shape index (κ1) is 25.3. The molecule has 180 valence electrons. The third kappa shape index (κ3) is 5.59. The van der Waals surface area contributed by atoms with Gasteiger partial charge < -0.3 is 19.6 Å². The minimum Gasteiger partial charge on any atom is -0.484 e. The topological polar surface area (TPSA) is 73.3 Å². The van der Waals surface area contributed by atoms with Gasteiger partial charge in [-0.2, -0.15) is 8.78 Å². The van der Waals surface area contributed by atoms with Crippen molar-refractivity contribution in [1.29, 1.82) is 0 Å². The third-order valence-electron chi connectivity index (χ3n) is 5.00. The largest absolute Gasteiger partial charge is 0.484 e. The van der Waals surface area contributed by atoms with Crippen molar-refractivity contribution in [1.82, 2.24) is 4.98 Å². The second-order valence-corrected chi connectivity index (χ2v) is 7.98. The number of fused-ring (bicyclic) bond motifs is 1. The molecule has 2 heterocycles. The van der Waals surface area contributed by atoms with Gasteiger partial charge in [0.05, 0.1) is 17.3 Å². The van der Waals surface area contributed by atoms with Gasteiger partial charge in [0.1, 0.15) is 29.1 Å². The van der Waals surface area contributed by atoms with Crippen LogP contribution in [-0.4, -0.2) is 10.7 Å². The maximum absolute atomic E-state index is 13.3. The fourth-order valence-corrected chi connectivity index (χ4v) is 3.76. The molecule has 34 heavy (non-hydrogen) atoms. The van der Waals surface area contributed by atoms with E-state index in [0.29, 0.717) is 33.8 Å². The van der Waals surface area contributed by atoms with Crippen LogP contribution < -0.4 is 15.2 Å². The fourth-order valence-electron chi connectivity index (χ4n) is 3.38. The second kappa shape index (κ2) is 11.2. The number of aromatic nitrogens is 1. The number of alkyl halides is 2. The Hall–Kier alpha value is -3.33. The Bertz CT molecular complexity index is 1250. The Morgan fingerprint density at radius 3 is 2.50 bits per heavy atom. The van der Waals surface area contributed by atoms with Gasteiger partial charge in [0.15, 0.2) is 0 Å². The average molecular weight is 490 g/mol. The number of pyridine rings is 1. The first-order valence-electron chi connectivity index (χ1n) is 10.7. The smallest absolute Gasteiger partial charge is 0.302 e. The zero-order chi connectivity index (χ0) is 24.8. The summed E-state index contributed by atoms with van der Waals surface area (Å²) >= 11 is 0.272. The highest BCUT2D eigenvalue weighted by Crippen LogP contribution is 2.40. The summed E-state index contributed by atoms with van der Waals surface area (Å²) in [6.45, 7) is 7.66. The molecule has 5 nitrogen and oxygen atoms in total. The van der Waals surface area contributed by atoms with Crippen LogP contribution in [0.3, 0.4) is 0 Å². The lowest BCUT2D eigenvalue weighted by atomic mass is 10.0. The first-order chi connectivity index (χ1) is 16.3. The number of hydrogen-bond donors (Lipinski definition) is 2. The minimum absolute atomic E-state index is 0.272. The Balaban J connectivity index is 0.00000158. The average Bonchev–Trinajstić information content (AvgIpc) is 3.29. The van der Waals surface area contributed by atoms with Gasteiger partial charge in [-0.1, -0.05) is 32.0 Å². The number of rotatable bonds is 7. The van der Waals surface area contributed by atoms with E-state index in [1.165, 1.54) is 12.1 Å². The summed E-state index contributed by atoms with van der Waals surface area (Å²) in [6.07, 6.45) is 2.76. The zero-order valence-electron chi connectivity index (χ0n) is 19.2. The number of nitrogens with two attached hydrogens (primary N) is 1. The van der Waals surface area contributed by atoms with E-state index in [0.717, 1.165) is 16.7 Å². The molecule has 0 spiro atoms. The number of nitrogen functional groups attached to an aromatic ring is 1. The van der Waals surface area contributed by atoms with Crippen molar-refractivity contribution in [3.8, 4) is 16.9 Å².